The summed E-state index contributed by atoms with van der Waals surface area (Å²) >= 11 is 0. The van der Waals surface area contributed by atoms with Gasteiger partial charge in [-0.25, -0.2) is 0 Å². The van der Waals surface area contributed by atoms with Crippen LogP contribution in [0.2, 0.25) is 0 Å². The van der Waals surface area contributed by atoms with Crippen LogP contribution in [0.3, 0.4) is 0 Å². The quantitative estimate of drug-likeness (QED) is 0.644. The van der Waals surface area contributed by atoms with Crippen LogP contribution in [0.4, 0.5) is 0 Å². The Balaban J connectivity index is 2.18. The van der Waals surface area contributed by atoms with Crippen LogP contribution < -0.4 is 5.73 Å². The zero-order valence-electron chi connectivity index (χ0n) is 10.8. The molecule has 2 rings (SSSR count). The second-order valence-corrected chi connectivity index (χ2v) is 4.10. The van der Waals surface area contributed by atoms with E-state index in [0.29, 0.717) is 5.82 Å². The Hall–Kier alpha value is -3.01. The van der Waals surface area contributed by atoms with E-state index in [-0.39, 0.29) is 17.8 Å². The van der Waals surface area contributed by atoms with Gasteiger partial charge in [-0.1, -0.05) is 30.3 Å². The minimum atomic E-state index is -0.440. The van der Waals surface area contributed by atoms with Crippen LogP contribution in [0.5, 0.6) is 0 Å². The van der Waals surface area contributed by atoms with E-state index in [0.717, 1.165) is 10.4 Å². The molecule has 0 spiro atoms. The molecule has 0 unspecified atom stereocenters. The summed E-state index contributed by atoms with van der Waals surface area (Å²) in [7, 11) is 0. The third kappa shape index (κ3) is 2.87. The summed E-state index contributed by atoms with van der Waals surface area (Å²) in [4.78, 5) is 13.0. The van der Waals surface area contributed by atoms with Crippen LogP contribution in [0.1, 0.15) is 6.92 Å². The topological polar surface area (TPSA) is 110 Å². The van der Waals surface area contributed by atoms with E-state index < -0.39 is 5.78 Å². The first-order valence-corrected chi connectivity index (χ1v) is 5.84. The Morgan fingerprint density at radius 3 is 2.70 bits per heavy atom. The number of ketones is 1. The number of benzene rings is 1. The van der Waals surface area contributed by atoms with Crippen LogP contribution in [-0.2, 0) is 11.3 Å². The van der Waals surface area contributed by atoms with Gasteiger partial charge >= 0.3 is 0 Å². The van der Waals surface area contributed by atoms with E-state index in [1.54, 1.807) is 6.07 Å². The standard InChI is InChI=1S/C13H12N6O/c1-9(15)11(7-14)12(20)8-19-17-13(16-18-19)10-5-3-2-4-6-10/h2-6H,8,15H2,1H3/b11-9+. The third-order valence-corrected chi connectivity index (χ3v) is 2.55. The lowest BCUT2D eigenvalue weighted by molar-refractivity contribution is -0.116. The van der Waals surface area contributed by atoms with Gasteiger partial charge in [0.2, 0.25) is 5.82 Å². The molecular weight excluding hydrogens is 256 g/mol. The first kappa shape index (κ1) is 13.4. The van der Waals surface area contributed by atoms with Crippen molar-refractivity contribution in [2.24, 2.45) is 5.73 Å². The molecule has 0 amide bonds. The first-order chi connectivity index (χ1) is 9.61. The largest absolute Gasteiger partial charge is 0.401 e. The van der Waals surface area contributed by atoms with Crippen LogP contribution in [-0.4, -0.2) is 26.0 Å². The summed E-state index contributed by atoms with van der Waals surface area (Å²) in [6, 6.07) is 11.1. The van der Waals surface area contributed by atoms with Gasteiger partial charge in [0.25, 0.3) is 0 Å². The molecule has 0 aliphatic rings. The molecule has 20 heavy (non-hydrogen) atoms. The lowest BCUT2D eigenvalue weighted by Gasteiger charge is -1.99. The van der Waals surface area contributed by atoms with E-state index in [9.17, 15) is 4.79 Å². The lowest BCUT2D eigenvalue weighted by atomic mass is 10.1. The minimum absolute atomic E-state index is 0.0800. The maximum absolute atomic E-state index is 11.8. The molecule has 0 radical (unpaired) electrons. The second-order valence-electron chi connectivity index (χ2n) is 4.10. The summed E-state index contributed by atoms with van der Waals surface area (Å²) in [6.07, 6.45) is 0. The Morgan fingerprint density at radius 2 is 2.10 bits per heavy atom. The molecule has 2 N–H and O–H groups in total. The summed E-state index contributed by atoms with van der Waals surface area (Å²) < 4.78 is 0. The molecular formula is C13H12N6O. The average molecular weight is 268 g/mol. The maximum Gasteiger partial charge on any atom is 0.204 e. The van der Waals surface area contributed by atoms with Gasteiger partial charge in [-0.2, -0.15) is 10.1 Å². The van der Waals surface area contributed by atoms with Crippen LogP contribution in [0.25, 0.3) is 11.4 Å². The molecule has 100 valence electrons. The highest BCUT2D eigenvalue weighted by molar-refractivity contribution is 5.99. The molecule has 1 aromatic heterocycles. The number of nitriles is 1. The zero-order valence-corrected chi connectivity index (χ0v) is 10.8. The van der Waals surface area contributed by atoms with Gasteiger partial charge in [0.1, 0.15) is 18.2 Å². The van der Waals surface area contributed by atoms with Gasteiger partial charge in [0.05, 0.1) is 0 Å². The van der Waals surface area contributed by atoms with Crippen molar-refractivity contribution < 1.29 is 4.79 Å². The normalized spacial score (nSPS) is 11.6. The van der Waals surface area contributed by atoms with Crippen LogP contribution in [0.15, 0.2) is 41.6 Å². The van der Waals surface area contributed by atoms with Crippen molar-refractivity contribution in [3.05, 3.63) is 41.6 Å². The number of hydrogen-bond acceptors (Lipinski definition) is 6. The van der Waals surface area contributed by atoms with Crippen molar-refractivity contribution in [2.45, 2.75) is 13.5 Å². The SMILES string of the molecule is C/C(N)=C(/C#N)C(=O)Cn1nnc(-c2ccccc2)n1. The minimum Gasteiger partial charge on any atom is -0.401 e. The summed E-state index contributed by atoms with van der Waals surface area (Å²) in [5, 5.41) is 20.6. The molecule has 0 fully saturated rings. The van der Waals surface area contributed by atoms with Gasteiger partial charge < -0.3 is 5.73 Å². The summed E-state index contributed by atoms with van der Waals surface area (Å²) in [5.74, 6) is -0.0186. The second kappa shape index (κ2) is 5.75. The first-order valence-electron chi connectivity index (χ1n) is 5.84. The van der Waals surface area contributed by atoms with Gasteiger partial charge in [-0.15, -0.1) is 10.2 Å². The fourth-order valence-corrected chi connectivity index (χ4v) is 1.59. The van der Waals surface area contributed by atoms with Crippen molar-refractivity contribution in [3.8, 4) is 17.5 Å². The van der Waals surface area contributed by atoms with Gasteiger partial charge in [0.15, 0.2) is 5.78 Å². The van der Waals surface area contributed by atoms with Crippen LogP contribution in [0, 0.1) is 11.3 Å². The number of hydrogen-bond donors (Lipinski definition) is 1. The number of nitrogens with two attached hydrogens (primary N) is 1. The van der Waals surface area contributed by atoms with Gasteiger partial charge in [0, 0.05) is 11.3 Å². The number of Topliss-reactive ketones (excluding diaryl/α,β-unsaturated/α-hetero) is 1. The van der Waals surface area contributed by atoms with E-state index in [1.807, 2.05) is 30.3 Å². The predicted molar refractivity (Wildman–Crippen MR) is 70.8 cm³/mol. The fraction of sp³-hybridized carbons (Fsp3) is 0.154. The Kier molecular flexibility index (Phi) is 3.86. The van der Waals surface area contributed by atoms with Gasteiger partial charge in [-0.3, -0.25) is 4.79 Å². The molecule has 7 nitrogen and oxygen atoms in total. The number of allylic oxidation sites excluding steroid dienone is 2. The molecule has 0 saturated carbocycles. The Morgan fingerprint density at radius 1 is 1.40 bits per heavy atom. The molecule has 2 aromatic rings. The predicted octanol–water partition coefficient (Wildman–Crippen LogP) is 0.665. The number of rotatable bonds is 4. The van der Waals surface area contributed by atoms with Crippen molar-refractivity contribution in [3.63, 3.8) is 0 Å². The van der Waals surface area contributed by atoms with E-state index in [1.165, 1.54) is 6.92 Å². The monoisotopic (exact) mass is 268 g/mol. The van der Waals surface area contributed by atoms with Crippen molar-refractivity contribution in [1.82, 2.24) is 20.2 Å². The molecule has 7 heteroatoms. The lowest BCUT2D eigenvalue weighted by Crippen LogP contribution is -2.17. The van der Waals surface area contributed by atoms with E-state index in [4.69, 9.17) is 11.0 Å². The number of carbonyl (C=O) groups excluding carboxylic acids is 1. The third-order valence-electron chi connectivity index (χ3n) is 2.55. The molecule has 0 bridgehead atoms. The van der Waals surface area contributed by atoms with E-state index in [2.05, 4.69) is 15.4 Å². The maximum atomic E-state index is 11.8. The van der Waals surface area contributed by atoms with Crippen LogP contribution >= 0.6 is 0 Å². The Labute approximate surface area is 115 Å². The molecule has 0 saturated heterocycles. The highest BCUT2D eigenvalue weighted by Crippen LogP contribution is 2.12. The number of tetrazole rings is 1. The smallest absolute Gasteiger partial charge is 0.204 e. The molecule has 1 heterocycles. The molecule has 0 aliphatic carbocycles. The molecule has 0 atom stereocenters. The van der Waals surface area contributed by atoms with Crippen molar-refractivity contribution >= 4 is 5.78 Å². The summed E-state index contributed by atoms with van der Waals surface area (Å²) in [6.45, 7) is 1.33. The highest BCUT2D eigenvalue weighted by Gasteiger charge is 2.14. The fourth-order valence-electron chi connectivity index (χ4n) is 1.59. The average Bonchev–Trinajstić information content (AvgIpc) is 2.88. The summed E-state index contributed by atoms with van der Waals surface area (Å²) in [5.41, 5.74) is 6.37. The Bertz CT molecular complexity index is 691. The highest BCUT2D eigenvalue weighted by atomic mass is 16.1. The van der Waals surface area contributed by atoms with Crippen molar-refractivity contribution in [2.75, 3.05) is 0 Å². The zero-order chi connectivity index (χ0) is 14.5. The van der Waals surface area contributed by atoms with Crippen molar-refractivity contribution in [1.29, 1.82) is 5.26 Å². The van der Waals surface area contributed by atoms with Gasteiger partial charge in [-0.05, 0) is 12.1 Å². The molecule has 1 aromatic carbocycles. The molecule has 0 aliphatic heterocycles. The number of carbonyl (C=O) groups is 1. The number of aromatic nitrogens is 4. The number of nitrogens with zero attached hydrogens (tertiary/aromatic N) is 5. The van der Waals surface area contributed by atoms with E-state index >= 15 is 0 Å².